The Hall–Kier alpha value is -0.380. The molecule has 1 fully saturated rings. The van der Waals surface area contributed by atoms with E-state index in [0.29, 0.717) is 6.04 Å². The maximum atomic E-state index is 3.45. The van der Waals surface area contributed by atoms with E-state index in [1.807, 2.05) is 0 Å². The molecule has 1 aliphatic heterocycles. The maximum absolute atomic E-state index is 3.45. The molecule has 1 aromatic carbocycles. The van der Waals surface area contributed by atoms with Crippen molar-refractivity contribution < 1.29 is 0 Å². The van der Waals surface area contributed by atoms with Crippen LogP contribution in [0.15, 0.2) is 28.7 Å². The first kappa shape index (κ1) is 11.1. The fourth-order valence-electron chi connectivity index (χ4n) is 2.02. The van der Waals surface area contributed by atoms with E-state index in [2.05, 4.69) is 57.5 Å². The van der Waals surface area contributed by atoms with Crippen LogP contribution in [0.1, 0.15) is 12.0 Å². The summed E-state index contributed by atoms with van der Waals surface area (Å²) in [7, 11) is 2.21. The van der Waals surface area contributed by atoms with Crippen molar-refractivity contribution in [2.75, 3.05) is 20.1 Å². The fourth-order valence-corrected chi connectivity index (χ4v) is 2.29. The average Bonchev–Trinajstić information content (AvgIpc) is 2.74. The van der Waals surface area contributed by atoms with Crippen LogP contribution in [0.25, 0.3) is 0 Å². The molecule has 1 unspecified atom stereocenters. The van der Waals surface area contributed by atoms with Gasteiger partial charge in [-0.15, -0.1) is 0 Å². The van der Waals surface area contributed by atoms with Gasteiger partial charge in [0.05, 0.1) is 0 Å². The van der Waals surface area contributed by atoms with Crippen molar-refractivity contribution in [2.45, 2.75) is 19.0 Å². The van der Waals surface area contributed by atoms with E-state index in [0.717, 1.165) is 24.1 Å². The minimum atomic E-state index is 0.702. The van der Waals surface area contributed by atoms with Gasteiger partial charge in [-0.1, -0.05) is 28.1 Å². The molecule has 1 saturated heterocycles. The third-order valence-electron chi connectivity index (χ3n) is 3.00. The van der Waals surface area contributed by atoms with Crippen molar-refractivity contribution in [1.29, 1.82) is 0 Å². The summed E-state index contributed by atoms with van der Waals surface area (Å²) in [6.45, 7) is 3.34. The lowest BCUT2D eigenvalue weighted by molar-refractivity contribution is 0.249. The second kappa shape index (κ2) is 5.10. The van der Waals surface area contributed by atoms with E-state index in [1.54, 1.807) is 0 Å². The van der Waals surface area contributed by atoms with Crippen LogP contribution in [-0.4, -0.2) is 31.1 Å². The number of halogens is 1. The van der Waals surface area contributed by atoms with Gasteiger partial charge in [0.2, 0.25) is 0 Å². The molecular formula is C12H17BrN2. The van der Waals surface area contributed by atoms with E-state index in [9.17, 15) is 0 Å². The van der Waals surface area contributed by atoms with E-state index in [1.165, 1.54) is 12.0 Å². The zero-order valence-corrected chi connectivity index (χ0v) is 10.6. The van der Waals surface area contributed by atoms with Crippen LogP contribution in [-0.2, 0) is 6.54 Å². The van der Waals surface area contributed by atoms with Crippen LogP contribution in [0.2, 0.25) is 0 Å². The normalized spacial score (nSPS) is 21.1. The summed E-state index contributed by atoms with van der Waals surface area (Å²) >= 11 is 3.45. The van der Waals surface area contributed by atoms with Gasteiger partial charge < -0.3 is 5.32 Å². The first-order valence-corrected chi connectivity index (χ1v) is 6.20. The molecule has 0 radical (unpaired) electrons. The second-order valence-electron chi connectivity index (χ2n) is 4.19. The van der Waals surface area contributed by atoms with Gasteiger partial charge in [0, 0.05) is 23.6 Å². The molecule has 0 aliphatic carbocycles. The van der Waals surface area contributed by atoms with E-state index in [-0.39, 0.29) is 0 Å². The Labute approximate surface area is 99.8 Å². The predicted molar refractivity (Wildman–Crippen MR) is 66.9 cm³/mol. The van der Waals surface area contributed by atoms with Gasteiger partial charge in [-0.05, 0) is 37.7 Å². The third-order valence-corrected chi connectivity index (χ3v) is 3.53. The van der Waals surface area contributed by atoms with Crippen molar-refractivity contribution in [3.63, 3.8) is 0 Å². The number of benzene rings is 1. The van der Waals surface area contributed by atoms with E-state index >= 15 is 0 Å². The van der Waals surface area contributed by atoms with Crippen LogP contribution < -0.4 is 5.32 Å². The van der Waals surface area contributed by atoms with Crippen molar-refractivity contribution >= 4 is 15.9 Å². The topological polar surface area (TPSA) is 15.3 Å². The summed E-state index contributed by atoms with van der Waals surface area (Å²) < 4.78 is 1.15. The highest BCUT2D eigenvalue weighted by Gasteiger charge is 2.18. The largest absolute Gasteiger partial charge is 0.315 e. The van der Waals surface area contributed by atoms with Gasteiger partial charge in [-0.25, -0.2) is 0 Å². The average molecular weight is 269 g/mol. The minimum Gasteiger partial charge on any atom is -0.315 e. The molecule has 82 valence electrons. The smallest absolute Gasteiger partial charge is 0.0234 e. The number of likely N-dealkylation sites (N-methyl/N-ethyl adjacent to an activating group) is 1. The van der Waals surface area contributed by atoms with Gasteiger partial charge in [0.15, 0.2) is 0 Å². The van der Waals surface area contributed by atoms with Gasteiger partial charge in [-0.2, -0.15) is 0 Å². The lowest BCUT2D eigenvalue weighted by atomic mass is 10.1. The van der Waals surface area contributed by atoms with Gasteiger partial charge in [0.1, 0.15) is 0 Å². The zero-order chi connectivity index (χ0) is 10.7. The molecule has 0 amide bonds. The van der Waals surface area contributed by atoms with Crippen LogP contribution in [0.3, 0.4) is 0 Å². The molecule has 0 aromatic heterocycles. The van der Waals surface area contributed by atoms with Crippen molar-refractivity contribution in [2.24, 2.45) is 0 Å². The number of nitrogens with one attached hydrogen (secondary N) is 1. The van der Waals surface area contributed by atoms with Crippen LogP contribution >= 0.6 is 15.9 Å². The fraction of sp³-hybridized carbons (Fsp3) is 0.500. The summed E-state index contributed by atoms with van der Waals surface area (Å²) in [4.78, 5) is 2.43. The Morgan fingerprint density at radius 1 is 1.40 bits per heavy atom. The Morgan fingerprint density at radius 3 is 2.73 bits per heavy atom. The first-order chi connectivity index (χ1) is 7.25. The highest BCUT2D eigenvalue weighted by Crippen LogP contribution is 2.14. The van der Waals surface area contributed by atoms with Crippen LogP contribution in [0.5, 0.6) is 0 Å². The van der Waals surface area contributed by atoms with Gasteiger partial charge in [0.25, 0.3) is 0 Å². The monoisotopic (exact) mass is 268 g/mol. The minimum absolute atomic E-state index is 0.702. The molecule has 0 bridgehead atoms. The quantitative estimate of drug-likeness (QED) is 0.905. The molecule has 3 heteroatoms. The molecule has 0 spiro atoms. The number of nitrogens with zero attached hydrogens (tertiary/aromatic N) is 1. The number of rotatable bonds is 3. The Kier molecular flexibility index (Phi) is 3.78. The Bertz CT molecular complexity index is 304. The van der Waals surface area contributed by atoms with Crippen molar-refractivity contribution in [3.05, 3.63) is 34.3 Å². The maximum Gasteiger partial charge on any atom is 0.0234 e. The molecule has 1 heterocycles. The Balaban J connectivity index is 1.92. The summed E-state index contributed by atoms with van der Waals surface area (Å²) in [6, 6.07) is 9.28. The summed E-state index contributed by atoms with van der Waals surface area (Å²) in [5.41, 5.74) is 1.38. The highest BCUT2D eigenvalue weighted by atomic mass is 79.9. The SMILES string of the molecule is CN(Cc1ccc(Br)cc1)C1CCNC1. The lowest BCUT2D eigenvalue weighted by Gasteiger charge is -2.23. The van der Waals surface area contributed by atoms with Crippen LogP contribution in [0, 0.1) is 0 Å². The third kappa shape index (κ3) is 3.03. The Morgan fingerprint density at radius 2 is 2.13 bits per heavy atom. The molecule has 2 nitrogen and oxygen atoms in total. The molecule has 2 rings (SSSR count). The van der Waals surface area contributed by atoms with E-state index in [4.69, 9.17) is 0 Å². The first-order valence-electron chi connectivity index (χ1n) is 5.41. The van der Waals surface area contributed by atoms with Gasteiger partial charge >= 0.3 is 0 Å². The highest BCUT2D eigenvalue weighted by molar-refractivity contribution is 9.10. The zero-order valence-electron chi connectivity index (χ0n) is 9.04. The predicted octanol–water partition coefficient (Wildman–Crippen LogP) is 2.24. The summed E-state index contributed by atoms with van der Waals surface area (Å²) in [6.07, 6.45) is 1.27. The summed E-state index contributed by atoms with van der Waals surface area (Å²) in [5.74, 6) is 0. The molecular weight excluding hydrogens is 252 g/mol. The molecule has 1 aromatic rings. The second-order valence-corrected chi connectivity index (χ2v) is 5.10. The lowest BCUT2D eigenvalue weighted by Crippen LogP contribution is -2.32. The molecule has 0 saturated carbocycles. The molecule has 1 N–H and O–H groups in total. The standard InChI is InChI=1S/C12H17BrN2/c1-15(12-6-7-14-8-12)9-10-2-4-11(13)5-3-10/h2-5,12,14H,6-9H2,1H3. The number of hydrogen-bond acceptors (Lipinski definition) is 2. The number of hydrogen-bond donors (Lipinski definition) is 1. The molecule has 15 heavy (non-hydrogen) atoms. The van der Waals surface area contributed by atoms with Crippen molar-refractivity contribution in [1.82, 2.24) is 10.2 Å². The van der Waals surface area contributed by atoms with Crippen molar-refractivity contribution in [3.8, 4) is 0 Å². The summed E-state index contributed by atoms with van der Waals surface area (Å²) in [5, 5.41) is 3.40. The molecule has 1 aliphatic rings. The van der Waals surface area contributed by atoms with Crippen LogP contribution in [0.4, 0.5) is 0 Å². The molecule has 1 atom stereocenters. The van der Waals surface area contributed by atoms with E-state index < -0.39 is 0 Å². The van der Waals surface area contributed by atoms with Gasteiger partial charge in [-0.3, -0.25) is 4.90 Å².